The van der Waals surface area contributed by atoms with Crippen LogP contribution in [0, 0.1) is 5.92 Å². The Morgan fingerprint density at radius 1 is 0.960 bits per heavy atom. The molecule has 0 saturated heterocycles. The number of nitrogens with zero attached hydrogens (tertiary/aromatic N) is 1. The second-order valence-electron chi connectivity index (χ2n) is 7.81. The standard InChI is InChI=1S/C16H25NO8/c1-14(2,3)24-12(21)17(13(22)25-15(4,5)6)16(11(20)23-7)8-9(16)10(18)19/h9H,8H2,1-7H3,(H,18,19)/t9-,16-/m0/s1. The molecule has 0 spiro atoms. The molecule has 1 saturated carbocycles. The van der Waals surface area contributed by atoms with Gasteiger partial charge in [-0.25, -0.2) is 14.4 Å². The van der Waals surface area contributed by atoms with E-state index in [2.05, 4.69) is 4.74 Å². The van der Waals surface area contributed by atoms with Gasteiger partial charge in [0.05, 0.1) is 13.0 Å². The highest BCUT2D eigenvalue weighted by Gasteiger charge is 2.73. The molecule has 0 aromatic heterocycles. The lowest BCUT2D eigenvalue weighted by molar-refractivity contribution is -0.152. The fourth-order valence-electron chi connectivity index (χ4n) is 2.30. The van der Waals surface area contributed by atoms with Gasteiger partial charge in [-0.3, -0.25) is 4.79 Å². The summed E-state index contributed by atoms with van der Waals surface area (Å²) < 4.78 is 15.0. The van der Waals surface area contributed by atoms with E-state index in [0.717, 1.165) is 7.11 Å². The number of carbonyl (C=O) groups excluding carboxylic acids is 3. The van der Waals surface area contributed by atoms with E-state index >= 15 is 0 Å². The Hall–Kier alpha value is -2.32. The van der Waals surface area contributed by atoms with Crippen molar-refractivity contribution in [1.82, 2.24) is 4.90 Å². The lowest BCUT2D eigenvalue weighted by atomic mass is 10.1. The molecule has 2 amide bonds. The van der Waals surface area contributed by atoms with E-state index in [-0.39, 0.29) is 6.42 Å². The number of hydrogen-bond acceptors (Lipinski definition) is 7. The normalized spacial score (nSPS) is 22.6. The third kappa shape index (κ3) is 4.61. The molecule has 0 aromatic rings. The predicted octanol–water partition coefficient (Wildman–Crippen LogP) is 2.17. The summed E-state index contributed by atoms with van der Waals surface area (Å²) in [6, 6.07) is 0. The monoisotopic (exact) mass is 359 g/mol. The number of carbonyl (C=O) groups is 4. The highest BCUT2D eigenvalue weighted by Crippen LogP contribution is 2.50. The molecular weight excluding hydrogens is 334 g/mol. The molecular formula is C16H25NO8. The van der Waals surface area contributed by atoms with Crippen LogP contribution >= 0.6 is 0 Å². The van der Waals surface area contributed by atoms with Gasteiger partial charge in [0.25, 0.3) is 0 Å². The minimum absolute atomic E-state index is 0.270. The highest BCUT2D eigenvalue weighted by atomic mass is 16.6. The van der Waals surface area contributed by atoms with Crippen LogP contribution < -0.4 is 0 Å². The Labute approximate surface area is 146 Å². The molecule has 0 radical (unpaired) electrons. The van der Waals surface area contributed by atoms with Gasteiger partial charge < -0.3 is 19.3 Å². The van der Waals surface area contributed by atoms with Crippen LogP contribution in [0.4, 0.5) is 9.59 Å². The molecule has 1 N–H and O–H groups in total. The maximum atomic E-state index is 12.6. The maximum Gasteiger partial charge on any atom is 0.420 e. The van der Waals surface area contributed by atoms with Crippen molar-refractivity contribution in [3.63, 3.8) is 0 Å². The van der Waals surface area contributed by atoms with E-state index in [0.29, 0.717) is 4.90 Å². The number of carboxylic acid groups (broad SMARTS) is 1. The van der Waals surface area contributed by atoms with E-state index in [1.54, 1.807) is 41.5 Å². The number of esters is 1. The number of aliphatic carboxylic acids is 1. The number of amides is 2. The number of imide groups is 1. The number of hydrogen-bond donors (Lipinski definition) is 1. The number of rotatable bonds is 3. The summed E-state index contributed by atoms with van der Waals surface area (Å²) in [6.07, 6.45) is -2.61. The second-order valence-corrected chi connectivity index (χ2v) is 7.81. The third-order valence-electron chi connectivity index (χ3n) is 3.32. The number of ether oxygens (including phenoxy) is 3. The Morgan fingerprint density at radius 2 is 1.36 bits per heavy atom. The summed E-state index contributed by atoms with van der Waals surface area (Å²) in [5.41, 5.74) is -3.92. The number of methoxy groups -OCH3 is 1. The number of carboxylic acids is 1. The van der Waals surface area contributed by atoms with Gasteiger partial charge in [-0.1, -0.05) is 0 Å². The van der Waals surface area contributed by atoms with Gasteiger partial charge in [0.2, 0.25) is 0 Å². The molecule has 1 rings (SSSR count). The summed E-state index contributed by atoms with van der Waals surface area (Å²) in [6.45, 7) is 9.44. The average Bonchev–Trinajstić information content (AvgIpc) is 3.10. The van der Waals surface area contributed by atoms with Crippen LogP contribution in [0.2, 0.25) is 0 Å². The first-order valence-electron chi connectivity index (χ1n) is 7.73. The summed E-state index contributed by atoms with van der Waals surface area (Å²) in [5.74, 6) is -3.64. The van der Waals surface area contributed by atoms with E-state index < -0.39 is 46.8 Å². The zero-order valence-electron chi connectivity index (χ0n) is 15.5. The van der Waals surface area contributed by atoms with Gasteiger partial charge in [-0.15, -0.1) is 0 Å². The predicted molar refractivity (Wildman–Crippen MR) is 84.8 cm³/mol. The van der Waals surface area contributed by atoms with Crippen molar-refractivity contribution >= 4 is 24.1 Å². The molecule has 0 aromatic carbocycles. The van der Waals surface area contributed by atoms with Gasteiger partial charge in [-0.05, 0) is 48.0 Å². The van der Waals surface area contributed by atoms with Crippen molar-refractivity contribution in [2.24, 2.45) is 5.92 Å². The SMILES string of the molecule is COC(=O)[C@]1(N(C(=O)OC(C)(C)C)C(=O)OC(C)(C)C)C[C@H]1C(=O)O. The summed E-state index contributed by atoms with van der Waals surface area (Å²) >= 11 is 0. The molecule has 1 aliphatic carbocycles. The molecule has 9 nitrogen and oxygen atoms in total. The Bertz CT molecular complexity index is 558. The summed E-state index contributed by atoms with van der Waals surface area (Å²) in [4.78, 5) is 49.2. The van der Waals surface area contributed by atoms with Crippen LogP contribution in [0.3, 0.4) is 0 Å². The van der Waals surface area contributed by atoms with Crippen molar-refractivity contribution in [1.29, 1.82) is 0 Å². The smallest absolute Gasteiger partial charge is 0.420 e. The van der Waals surface area contributed by atoms with Crippen molar-refractivity contribution in [3.05, 3.63) is 0 Å². The first kappa shape index (κ1) is 20.7. The minimum Gasteiger partial charge on any atom is -0.481 e. The summed E-state index contributed by atoms with van der Waals surface area (Å²) in [5, 5.41) is 9.27. The Balaban J connectivity index is 3.34. The molecule has 25 heavy (non-hydrogen) atoms. The summed E-state index contributed by atoms with van der Waals surface area (Å²) in [7, 11) is 1.05. The first-order valence-corrected chi connectivity index (χ1v) is 7.73. The van der Waals surface area contributed by atoms with Crippen LogP contribution in [0.5, 0.6) is 0 Å². The quantitative estimate of drug-likeness (QED) is 0.601. The zero-order valence-corrected chi connectivity index (χ0v) is 15.5. The van der Waals surface area contributed by atoms with Crippen molar-refractivity contribution in [2.75, 3.05) is 7.11 Å². The van der Waals surface area contributed by atoms with E-state index in [9.17, 15) is 24.3 Å². The Morgan fingerprint density at radius 3 is 1.60 bits per heavy atom. The van der Waals surface area contributed by atoms with Gasteiger partial charge in [0, 0.05) is 0 Å². The van der Waals surface area contributed by atoms with Gasteiger partial charge in [0.15, 0.2) is 5.54 Å². The largest absolute Gasteiger partial charge is 0.481 e. The van der Waals surface area contributed by atoms with Crippen molar-refractivity contribution in [2.45, 2.75) is 64.7 Å². The minimum atomic E-state index is -1.98. The maximum absolute atomic E-state index is 12.6. The van der Waals surface area contributed by atoms with Gasteiger partial charge >= 0.3 is 24.1 Å². The molecule has 1 fully saturated rings. The van der Waals surface area contributed by atoms with Gasteiger partial charge in [-0.2, -0.15) is 4.90 Å². The van der Waals surface area contributed by atoms with E-state index in [1.807, 2.05) is 0 Å². The molecule has 2 atom stereocenters. The second kappa shape index (κ2) is 6.53. The fraction of sp³-hybridized carbons (Fsp3) is 0.750. The van der Waals surface area contributed by atoms with Crippen LogP contribution in [0.1, 0.15) is 48.0 Å². The van der Waals surface area contributed by atoms with Crippen LogP contribution in [-0.2, 0) is 23.8 Å². The molecule has 0 unspecified atom stereocenters. The zero-order chi connectivity index (χ0) is 19.8. The highest BCUT2D eigenvalue weighted by molar-refractivity contribution is 6.03. The molecule has 9 heteroatoms. The molecule has 0 aliphatic heterocycles. The van der Waals surface area contributed by atoms with Crippen LogP contribution in [0.15, 0.2) is 0 Å². The van der Waals surface area contributed by atoms with Crippen LogP contribution in [0.25, 0.3) is 0 Å². The van der Waals surface area contributed by atoms with Crippen molar-refractivity contribution in [3.8, 4) is 0 Å². The van der Waals surface area contributed by atoms with E-state index in [1.165, 1.54) is 0 Å². The lowest BCUT2D eigenvalue weighted by Crippen LogP contribution is -2.55. The van der Waals surface area contributed by atoms with Crippen molar-refractivity contribution < 1.29 is 38.5 Å². The van der Waals surface area contributed by atoms with Gasteiger partial charge in [0.1, 0.15) is 11.2 Å². The fourth-order valence-corrected chi connectivity index (χ4v) is 2.30. The Kier molecular flexibility index (Phi) is 5.41. The molecule has 1 aliphatic rings. The van der Waals surface area contributed by atoms with Crippen LogP contribution in [-0.4, -0.2) is 58.0 Å². The van der Waals surface area contributed by atoms with E-state index in [4.69, 9.17) is 9.47 Å². The molecule has 0 heterocycles. The molecule has 142 valence electrons. The third-order valence-corrected chi connectivity index (χ3v) is 3.32. The molecule has 0 bridgehead atoms. The topological polar surface area (TPSA) is 119 Å². The average molecular weight is 359 g/mol. The lowest BCUT2D eigenvalue weighted by Gasteiger charge is -2.32. The first-order chi connectivity index (χ1) is 11.2.